The number of rotatable bonds is 6. The van der Waals surface area contributed by atoms with Crippen molar-refractivity contribution in [1.29, 1.82) is 0 Å². The van der Waals surface area contributed by atoms with Crippen molar-refractivity contribution in [2.75, 3.05) is 15.4 Å². The van der Waals surface area contributed by atoms with Crippen LogP contribution in [-0.2, 0) is 14.8 Å². The summed E-state index contributed by atoms with van der Waals surface area (Å²) in [5.74, 6) is -0.521. The van der Waals surface area contributed by atoms with Gasteiger partial charge in [0.25, 0.3) is 15.9 Å². The highest BCUT2D eigenvalue weighted by molar-refractivity contribution is 7.92. The lowest BCUT2D eigenvalue weighted by molar-refractivity contribution is -0.123. The molecule has 0 aliphatic heterocycles. The van der Waals surface area contributed by atoms with E-state index in [0.29, 0.717) is 16.3 Å². The molecule has 7 nitrogen and oxygen atoms in total. The van der Waals surface area contributed by atoms with Gasteiger partial charge in [0, 0.05) is 16.8 Å². The molecular formula is C22H23N3O4S2. The molecule has 1 heterocycles. The number of benzene rings is 2. The molecule has 0 saturated heterocycles. The molecule has 3 N–H and O–H groups in total. The van der Waals surface area contributed by atoms with E-state index in [1.54, 1.807) is 74.7 Å². The van der Waals surface area contributed by atoms with E-state index in [1.807, 2.05) is 0 Å². The van der Waals surface area contributed by atoms with Gasteiger partial charge in [0.1, 0.15) is 4.90 Å². The van der Waals surface area contributed by atoms with Gasteiger partial charge in [-0.05, 0) is 47.8 Å². The smallest absolute Gasteiger partial charge is 0.265 e. The summed E-state index contributed by atoms with van der Waals surface area (Å²) in [6.07, 6.45) is 0. The molecule has 0 radical (unpaired) electrons. The molecule has 0 bridgehead atoms. The molecule has 1 aromatic heterocycles. The van der Waals surface area contributed by atoms with Crippen molar-refractivity contribution in [3.63, 3.8) is 0 Å². The SMILES string of the molecule is CC(C)(C)C(=O)Nc1ccc(NS(=O)(=O)c2ccccc2NC(=O)c2cccs2)cc1. The normalized spacial score (nSPS) is 11.6. The van der Waals surface area contributed by atoms with Crippen LogP contribution in [0.15, 0.2) is 70.9 Å². The third-order valence-electron chi connectivity index (χ3n) is 4.25. The van der Waals surface area contributed by atoms with Crippen molar-refractivity contribution in [3.8, 4) is 0 Å². The molecule has 0 fully saturated rings. The van der Waals surface area contributed by atoms with Crippen LogP contribution in [0.3, 0.4) is 0 Å². The van der Waals surface area contributed by atoms with E-state index >= 15 is 0 Å². The Hall–Kier alpha value is -3.17. The van der Waals surface area contributed by atoms with Crippen molar-refractivity contribution >= 4 is 50.2 Å². The molecule has 0 spiro atoms. The Labute approximate surface area is 185 Å². The van der Waals surface area contributed by atoms with E-state index < -0.39 is 15.4 Å². The standard InChI is InChI=1S/C22H23N3O4S2/c1-22(2,3)21(27)23-15-10-12-16(13-11-15)25-31(28,29)19-9-5-4-7-17(19)24-20(26)18-8-6-14-30-18/h4-14,25H,1-3H3,(H,23,27)(H,24,26). The van der Waals surface area contributed by atoms with Crippen molar-refractivity contribution in [1.82, 2.24) is 0 Å². The summed E-state index contributed by atoms with van der Waals surface area (Å²) in [4.78, 5) is 24.9. The third-order valence-corrected chi connectivity index (χ3v) is 6.55. The topological polar surface area (TPSA) is 104 Å². The second-order valence-corrected chi connectivity index (χ2v) is 10.4. The lowest BCUT2D eigenvalue weighted by Gasteiger charge is -2.18. The van der Waals surface area contributed by atoms with Gasteiger partial charge in [0.15, 0.2) is 0 Å². The first-order valence-electron chi connectivity index (χ1n) is 9.44. The first-order valence-corrected chi connectivity index (χ1v) is 11.8. The fourth-order valence-corrected chi connectivity index (χ4v) is 4.39. The van der Waals surface area contributed by atoms with Crippen LogP contribution in [0.4, 0.5) is 17.1 Å². The van der Waals surface area contributed by atoms with E-state index in [4.69, 9.17) is 0 Å². The fourth-order valence-electron chi connectivity index (χ4n) is 2.55. The molecule has 31 heavy (non-hydrogen) atoms. The van der Waals surface area contributed by atoms with Gasteiger partial charge in [-0.3, -0.25) is 14.3 Å². The number of nitrogens with one attached hydrogen (secondary N) is 3. The zero-order valence-electron chi connectivity index (χ0n) is 17.3. The van der Waals surface area contributed by atoms with Crippen LogP contribution in [0.5, 0.6) is 0 Å². The highest BCUT2D eigenvalue weighted by Gasteiger charge is 2.22. The quantitative estimate of drug-likeness (QED) is 0.495. The average Bonchev–Trinajstić information content (AvgIpc) is 3.24. The number of amides is 2. The monoisotopic (exact) mass is 457 g/mol. The molecule has 0 aliphatic rings. The minimum Gasteiger partial charge on any atom is -0.326 e. The van der Waals surface area contributed by atoms with E-state index in [1.165, 1.54) is 23.5 Å². The highest BCUT2D eigenvalue weighted by atomic mass is 32.2. The number of anilines is 3. The number of hydrogen-bond acceptors (Lipinski definition) is 5. The second kappa shape index (κ2) is 8.91. The summed E-state index contributed by atoms with van der Waals surface area (Å²) in [6.45, 7) is 5.42. The van der Waals surface area contributed by atoms with Crippen LogP contribution < -0.4 is 15.4 Å². The van der Waals surface area contributed by atoms with Gasteiger partial charge in [-0.25, -0.2) is 8.42 Å². The first kappa shape index (κ1) is 22.5. The molecular weight excluding hydrogens is 434 g/mol. The Bertz CT molecular complexity index is 1180. The largest absolute Gasteiger partial charge is 0.326 e. The second-order valence-electron chi connectivity index (χ2n) is 7.81. The summed E-state index contributed by atoms with van der Waals surface area (Å²) in [7, 11) is -3.97. The van der Waals surface area contributed by atoms with Gasteiger partial charge in [-0.1, -0.05) is 39.0 Å². The van der Waals surface area contributed by atoms with Crippen LogP contribution in [0, 0.1) is 5.41 Å². The van der Waals surface area contributed by atoms with E-state index in [2.05, 4.69) is 15.4 Å². The number of carbonyl (C=O) groups excluding carboxylic acids is 2. The first-order chi connectivity index (χ1) is 14.6. The molecule has 162 valence electrons. The fraction of sp³-hybridized carbons (Fsp3) is 0.182. The molecule has 0 unspecified atom stereocenters. The third kappa shape index (κ3) is 5.71. The van der Waals surface area contributed by atoms with E-state index in [0.717, 1.165) is 0 Å². The molecule has 0 aliphatic carbocycles. The zero-order chi connectivity index (χ0) is 22.6. The lowest BCUT2D eigenvalue weighted by atomic mass is 9.95. The number of hydrogen-bond donors (Lipinski definition) is 3. The maximum atomic E-state index is 13.0. The Morgan fingerprint density at radius 1 is 0.839 bits per heavy atom. The molecule has 2 aromatic carbocycles. The van der Waals surface area contributed by atoms with Gasteiger partial charge in [0.2, 0.25) is 5.91 Å². The van der Waals surface area contributed by atoms with Gasteiger partial charge >= 0.3 is 0 Å². The molecule has 2 amide bonds. The minimum absolute atomic E-state index is 0.0509. The van der Waals surface area contributed by atoms with Gasteiger partial charge in [0.05, 0.1) is 10.6 Å². The summed E-state index contributed by atoms with van der Waals surface area (Å²) < 4.78 is 28.4. The Balaban J connectivity index is 1.77. The maximum absolute atomic E-state index is 13.0. The maximum Gasteiger partial charge on any atom is 0.265 e. The van der Waals surface area contributed by atoms with Crippen LogP contribution in [0.25, 0.3) is 0 Å². The highest BCUT2D eigenvalue weighted by Crippen LogP contribution is 2.26. The van der Waals surface area contributed by atoms with Crippen molar-refractivity contribution < 1.29 is 18.0 Å². The van der Waals surface area contributed by atoms with Gasteiger partial charge in [-0.15, -0.1) is 11.3 Å². The number of thiophene rings is 1. The van der Waals surface area contributed by atoms with Gasteiger partial charge in [-0.2, -0.15) is 0 Å². The van der Waals surface area contributed by atoms with Crippen LogP contribution in [0.1, 0.15) is 30.4 Å². The van der Waals surface area contributed by atoms with E-state index in [9.17, 15) is 18.0 Å². The average molecular weight is 458 g/mol. The summed E-state index contributed by atoms with van der Waals surface area (Å²) >= 11 is 1.27. The van der Waals surface area contributed by atoms with Crippen LogP contribution >= 0.6 is 11.3 Å². The van der Waals surface area contributed by atoms with Crippen molar-refractivity contribution in [2.24, 2.45) is 5.41 Å². The Morgan fingerprint density at radius 2 is 1.48 bits per heavy atom. The number of para-hydroxylation sites is 1. The minimum atomic E-state index is -3.97. The molecule has 0 atom stereocenters. The summed E-state index contributed by atoms with van der Waals surface area (Å²) in [5, 5.41) is 7.21. The Morgan fingerprint density at radius 3 is 2.10 bits per heavy atom. The zero-order valence-corrected chi connectivity index (χ0v) is 18.9. The van der Waals surface area contributed by atoms with Crippen molar-refractivity contribution in [2.45, 2.75) is 25.7 Å². The number of sulfonamides is 1. The van der Waals surface area contributed by atoms with Crippen LogP contribution in [0.2, 0.25) is 0 Å². The van der Waals surface area contributed by atoms with Crippen LogP contribution in [-0.4, -0.2) is 20.2 Å². The van der Waals surface area contributed by atoms with E-state index in [-0.39, 0.29) is 22.4 Å². The molecule has 0 saturated carbocycles. The predicted molar refractivity (Wildman–Crippen MR) is 124 cm³/mol. The predicted octanol–water partition coefficient (Wildman–Crippen LogP) is 4.79. The summed E-state index contributed by atoms with van der Waals surface area (Å²) in [5.41, 5.74) is 0.527. The summed E-state index contributed by atoms with van der Waals surface area (Å²) in [6, 6.07) is 15.9. The molecule has 3 aromatic rings. The molecule has 9 heteroatoms. The molecule has 3 rings (SSSR count). The number of carbonyl (C=O) groups is 2. The van der Waals surface area contributed by atoms with Gasteiger partial charge < -0.3 is 10.6 Å². The van der Waals surface area contributed by atoms with Crippen molar-refractivity contribution in [3.05, 3.63) is 70.9 Å². The lowest BCUT2D eigenvalue weighted by Crippen LogP contribution is -2.27. The Kier molecular flexibility index (Phi) is 6.47.